The molecule has 0 radical (unpaired) electrons. The molecule has 0 atom stereocenters. The number of fused-ring (bicyclic) bond motifs is 1. The Balaban J connectivity index is 1.97. The van der Waals surface area contributed by atoms with Crippen LogP contribution >= 0.6 is 0 Å². The molecule has 0 bridgehead atoms. The number of rotatable bonds is 3. The van der Waals surface area contributed by atoms with E-state index in [-0.39, 0.29) is 0 Å². The van der Waals surface area contributed by atoms with E-state index >= 15 is 0 Å². The fraction of sp³-hybridized carbons (Fsp3) is 0.222. The number of aryl methyl sites for hydroxylation is 3. The Bertz CT molecular complexity index is 831. The van der Waals surface area contributed by atoms with Crippen molar-refractivity contribution in [2.24, 2.45) is 0 Å². The molecule has 2 aromatic carbocycles. The molecule has 0 spiro atoms. The van der Waals surface area contributed by atoms with Gasteiger partial charge in [0.05, 0.1) is 10.6 Å². The van der Waals surface area contributed by atoms with E-state index in [1.54, 1.807) is 6.08 Å². The second-order valence-electron chi connectivity index (χ2n) is 5.68. The molecule has 0 fully saturated rings. The van der Waals surface area contributed by atoms with Crippen LogP contribution in [0, 0.1) is 13.8 Å². The summed E-state index contributed by atoms with van der Waals surface area (Å²) in [5.74, 6) is 0. The van der Waals surface area contributed by atoms with Gasteiger partial charge in [0.2, 0.25) is 0 Å². The molecule has 1 aliphatic rings. The first-order chi connectivity index (χ1) is 10.5. The number of benzene rings is 2. The smallest absolute Gasteiger partial charge is 0.258 e. The van der Waals surface area contributed by atoms with Crippen molar-refractivity contribution in [3.8, 4) is 0 Å². The minimum Gasteiger partial charge on any atom is -0.279 e. The first-order valence-electron chi connectivity index (χ1n) is 7.35. The van der Waals surface area contributed by atoms with Crippen LogP contribution in [-0.4, -0.2) is 8.42 Å². The lowest BCUT2D eigenvalue weighted by Gasteiger charge is -2.19. The molecule has 0 saturated heterocycles. The van der Waals surface area contributed by atoms with Crippen molar-refractivity contribution < 1.29 is 8.42 Å². The van der Waals surface area contributed by atoms with Gasteiger partial charge in [-0.1, -0.05) is 42.5 Å². The van der Waals surface area contributed by atoms with Crippen LogP contribution in [0.3, 0.4) is 0 Å². The van der Waals surface area contributed by atoms with Gasteiger partial charge in [0, 0.05) is 0 Å². The van der Waals surface area contributed by atoms with E-state index in [1.165, 1.54) is 5.56 Å². The lowest BCUT2D eigenvalue weighted by atomic mass is 9.98. The monoisotopic (exact) mass is 313 g/mol. The molecular weight excluding hydrogens is 294 g/mol. The molecule has 3 rings (SSSR count). The quantitative estimate of drug-likeness (QED) is 0.930. The lowest BCUT2D eigenvalue weighted by molar-refractivity contribution is 0.605. The Morgan fingerprint density at radius 1 is 0.909 bits per heavy atom. The number of hydrogen-bond acceptors (Lipinski definition) is 2. The van der Waals surface area contributed by atoms with Crippen LogP contribution in [0.2, 0.25) is 0 Å². The van der Waals surface area contributed by atoms with Gasteiger partial charge in [-0.2, -0.15) is 0 Å². The maximum absolute atomic E-state index is 12.7. The standard InChI is InChI=1S/C18H19NO2S/c1-13-6-5-7-14(2)18(13)19-22(20,21)17-11-10-15-8-3-4-9-16(15)12-17/h3-9,12,19H,10-11H2,1-2H3. The maximum Gasteiger partial charge on any atom is 0.258 e. The Hall–Kier alpha value is -2.07. The molecule has 22 heavy (non-hydrogen) atoms. The normalized spacial score (nSPS) is 14.2. The van der Waals surface area contributed by atoms with E-state index in [9.17, 15) is 8.42 Å². The molecule has 114 valence electrons. The van der Waals surface area contributed by atoms with Crippen molar-refractivity contribution in [1.82, 2.24) is 0 Å². The highest BCUT2D eigenvalue weighted by Gasteiger charge is 2.22. The van der Waals surface area contributed by atoms with Crippen molar-refractivity contribution >= 4 is 21.8 Å². The van der Waals surface area contributed by atoms with Crippen LogP contribution in [0.1, 0.15) is 28.7 Å². The molecule has 1 aliphatic carbocycles. The van der Waals surface area contributed by atoms with Gasteiger partial charge in [0.1, 0.15) is 0 Å². The zero-order chi connectivity index (χ0) is 15.7. The van der Waals surface area contributed by atoms with E-state index in [2.05, 4.69) is 4.72 Å². The van der Waals surface area contributed by atoms with E-state index < -0.39 is 10.0 Å². The van der Waals surface area contributed by atoms with Gasteiger partial charge >= 0.3 is 0 Å². The predicted octanol–water partition coefficient (Wildman–Crippen LogP) is 4.03. The summed E-state index contributed by atoms with van der Waals surface area (Å²) in [6.45, 7) is 3.82. The summed E-state index contributed by atoms with van der Waals surface area (Å²) in [7, 11) is -3.51. The third kappa shape index (κ3) is 2.79. The summed E-state index contributed by atoms with van der Waals surface area (Å²) in [6.07, 6.45) is 3.09. The average molecular weight is 313 g/mol. The van der Waals surface area contributed by atoms with Crippen molar-refractivity contribution in [3.63, 3.8) is 0 Å². The number of nitrogens with one attached hydrogen (secondary N) is 1. The Kier molecular flexibility index (Phi) is 3.79. The predicted molar refractivity (Wildman–Crippen MR) is 91.2 cm³/mol. The topological polar surface area (TPSA) is 46.2 Å². The molecule has 0 heterocycles. The van der Waals surface area contributed by atoms with Crippen LogP contribution in [0.25, 0.3) is 6.08 Å². The SMILES string of the molecule is Cc1cccc(C)c1NS(=O)(=O)C1=Cc2ccccc2CC1. The molecule has 4 heteroatoms. The molecule has 0 aliphatic heterocycles. The first kappa shape index (κ1) is 14.9. The van der Waals surface area contributed by atoms with Gasteiger partial charge in [-0.25, -0.2) is 8.42 Å². The van der Waals surface area contributed by atoms with Crippen LogP contribution in [0.4, 0.5) is 5.69 Å². The van der Waals surface area contributed by atoms with Crippen molar-refractivity contribution in [1.29, 1.82) is 0 Å². The maximum atomic E-state index is 12.7. The van der Waals surface area contributed by atoms with Crippen molar-refractivity contribution in [2.75, 3.05) is 4.72 Å². The molecule has 2 aromatic rings. The summed E-state index contributed by atoms with van der Waals surface area (Å²) in [5.41, 5.74) is 4.74. The summed E-state index contributed by atoms with van der Waals surface area (Å²) in [6, 6.07) is 13.7. The highest BCUT2D eigenvalue weighted by atomic mass is 32.2. The molecule has 0 unspecified atom stereocenters. The van der Waals surface area contributed by atoms with E-state index in [0.29, 0.717) is 17.0 Å². The zero-order valence-electron chi connectivity index (χ0n) is 12.8. The highest BCUT2D eigenvalue weighted by Crippen LogP contribution is 2.29. The second kappa shape index (κ2) is 5.61. The number of anilines is 1. The fourth-order valence-electron chi connectivity index (χ4n) is 2.79. The molecule has 1 N–H and O–H groups in total. The number of hydrogen-bond donors (Lipinski definition) is 1. The molecule has 0 saturated carbocycles. The fourth-order valence-corrected chi connectivity index (χ4v) is 4.17. The Morgan fingerprint density at radius 3 is 2.32 bits per heavy atom. The second-order valence-corrected chi connectivity index (χ2v) is 7.42. The number of sulfonamides is 1. The van der Waals surface area contributed by atoms with Gasteiger partial charge in [-0.15, -0.1) is 0 Å². The van der Waals surface area contributed by atoms with Gasteiger partial charge in [0.15, 0.2) is 0 Å². The molecule has 3 nitrogen and oxygen atoms in total. The summed E-state index contributed by atoms with van der Waals surface area (Å²) in [4.78, 5) is 0.453. The Morgan fingerprint density at radius 2 is 1.59 bits per heavy atom. The molecular formula is C18H19NO2S. The lowest BCUT2D eigenvalue weighted by Crippen LogP contribution is -2.18. The third-order valence-electron chi connectivity index (χ3n) is 4.08. The van der Waals surface area contributed by atoms with E-state index in [0.717, 1.165) is 23.1 Å². The average Bonchev–Trinajstić information content (AvgIpc) is 2.50. The minimum atomic E-state index is -3.51. The first-order valence-corrected chi connectivity index (χ1v) is 8.83. The number of para-hydroxylation sites is 1. The highest BCUT2D eigenvalue weighted by molar-refractivity contribution is 7.96. The van der Waals surface area contributed by atoms with Crippen LogP contribution in [0.5, 0.6) is 0 Å². The van der Waals surface area contributed by atoms with Gasteiger partial charge < -0.3 is 0 Å². The molecule has 0 aromatic heterocycles. The minimum absolute atomic E-state index is 0.453. The zero-order valence-corrected chi connectivity index (χ0v) is 13.6. The van der Waals surface area contributed by atoms with Crippen LogP contribution < -0.4 is 4.72 Å². The van der Waals surface area contributed by atoms with E-state index in [1.807, 2.05) is 56.3 Å². The van der Waals surface area contributed by atoms with Crippen molar-refractivity contribution in [2.45, 2.75) is 26.7 Å². The third-order valence-corrected chi connectivity index (χ3v) is 5.56. The summed E-state index contributed by atoms with van der Waals surface area (Å²) in [5, 5.41) is 0. The van der Waals surface area contributed by atoms with Crippen LogP contribution in [0.15, 0.2) is 47.4 Å². The Labute approximate surface area is 131 Å². The van der Waals surface area contributed by atoms with Crippen LogP contribution in [-0.2, 0) is 16.4 Å². The summed E-state index contributed by atoms with van der Waals surface area (Å²) >= 11 is 0. The molecule has 0 amide bonds. The van der Waals surface area contributed by atoms with E-state index in [4.69, 9.17) is 0 Å². The largest absolute Gasteiger partial charge is 0.279 e. The van der Waals surface area contributed by atoms with Gasteiger partial charge in [-0.3, -0.25) is 4.72 Å². The summed E-state index contributed by atoms with van der Waals surface area (Å²) < 4.78 is 28.1. The number of allylic oxidation sites excluding steroid dienone is 1. The van der Waals surface area contributed by atoms with Gasteiger partial charge in [0.25, 0.3) is 10.0 Å². The van der Waals surface area contributed by atoms with Crippen molar-refractivity contribution in [3.05, 3.63) is 69.6 Å². The van der Waals surface area contributed by atoms with Gasteiger partial charge in [-0.05, 0) is 55.0 Å².